The van der Waals surface area contributed by atoms with E-state index in [1.54, 1.807) is 6.33 Å². The molecule has 0 amide bonds. The van der Waals surface area contributed by atoms with E-state index in [0.717, 1.165) is 65.9 Å². The number of ether oxygens (including phenoxy) is 1. The SMILES string of the molecule is Cc1ccc(-c2cc(NC[C@@H](C)c3cc(C)nc4c3OCCC4)ncn2)cn1. The molecule has 144 valence electrons. The number of hydrogen-bond acceptors (Lipinski definition) is 6. The number of hydrogen-bond donors (Lipinski definition) is 1. The van der Waals surface area contributed by atoms with Gasteiger partial charge in [-0.15, -0.1) is 0 Å². The van der Waals surface area contributed by atoms with Crippen LogP contribution >= 0.6 is 0 Å². The summed E-state index contributed by atoms with van der Waals surface area (Å²) >= 11 is 0. The van der Waals surface area contributed by atoms with E-state index >= 15 is 0 Å². The molecule has 1 aliphatic heterocycles. The van der Waals surface area contributed by atoms with Crippen LogP contribution in [0.5, 0.6) is 5.75 Å². The Labute approximate surface area is 165 Å². The standard InChI is InChI=1S/C22H25N5O/c1-14(18-9-16(3)27-19-5-4-8-28-22(18)19)11-24-21-10-20(25-13-26-21)17-7-6-15(2)23-12-17/h6-7,9-10,12-14H,4-5,8,11H2,1-3H3,(H,24,25,26)/t14-/m1/s1. The highest BCUT2D eigenvalue weighted by atomic mass is 16.5. The maximum absolute atomic E-state index is 5.95. The Morgan fingerprint density at radius 1 is 1.11 bits per heavy atom. The van der Waals surface area contributed by atoms with E-state index in [-0.39, 0.29) is 5.92 Å². The summed E-state index contributed by atoms with van der Waals surface area (Å²) < 4.78 is 5.95. The third-order valence-corrected chi connectivity index (χ3v) is 5.00. The van der Waals surface area contributed by atoms with Gasteiger partial charge in [-0.25, -0.2) is 9.97 Å². The van der Waals surface area contributed by atoms with Crippen molar-refractivity contribution in [1.29, 1.82) is 0 Å². The van der Waals surface area contributed by atoms with E-state index < -0.39 is 0 Å². The molecule has 0 saturated heterocycles. The Hall–Kier alpha value is -3.02. The smallest absolute Gasteiger partial charge is 0.144 e. The summed E-state index contributed by atoms with van der Waals surface area (Å²) in [6.07, 6.45) is 5.45. The molecule has 0 bridgehead atoms. The third-order valence-electron chi connectivity index (χ3n) is 5.00. The lowest BCUT2D eigenvalue weighted by Crippen LogP contribution is -2.17. The van der Waals surface area contributed by atoms with Crippen molar-refractivity contribution >= 4 is 5.82 Å². The van der Waals surface area contributed by atoms with Gasteiger partial charge in [0.2, 0.25) is 0 Å². The summed E-state index contributed by atoms with van der Waals surface area (Å²) in [5, 5.41) is 3.44. The normalized spacial score (nSPS) is 14.1. The number of pyridine rings is 2. The molecule has 6 nitrogen and oxygen atoms in total. The predicted molar refractivity (Wildman–Crippen MR) is 110 cm³/mol. The van der Waals surface area contributed by atoms with Crippen LogP contribution in [0.15, 0.2) is 36.8 Å². The molecule has 0 unspecified atom stereocenters. The van der Waals surface area contributed by atoms with Crippen LogP contribution in [-0.4, -0.2) is 33.1 Å². The first-order valence-electron chi connectivity index (χ1n) is 9.72. The van der Waals surface area contributed by atoms with Gasteiger partial charge in [0.1, 0.15) is 17.9 Å². The Morgan fingerprint density at radius 3 is 2.82 bits per heavy atom. The Balaban J connectivity index is 1.50. The van der Waals surface area contributed by atoms with Crippen LogP contribution in [0.25, 0.3) is 11.3 Å². The van der Waals surface area contributed by atoms with Gasteiger partial charge in [-0.1, -0.05) is 6.92 Å². The second-order valence-electron chi connectivity index (χ2n) is 7.34. The van der Waals surface area contributed by atoms with Crippen LogP contribution in [0.1, 0.15) is 41.9 Å². The molecular weight excluding hydrogens is 350 g/mol. The minimum absolute atomic E-state index is 0.271. The molecule has 4 rings (SSSR count). The summed E-state index contributed by atoms with van der Waals surface area (Å²) in [4.78, 5) is 17.7. The molecule has 0 saturated carbocycles. The average Bonchev–Trinajstić information content (AvgIpc) is 2.72. The summed E-state index contributed by atoms with van der Waals surface area (Å²) in [5.41, 5.74) is 6.18. The van der Waals surface area contributed by atoms with Crippen LogP contribution in [0, 0.1) is 13.8 Å². The van der Waals surface area contributed by atoms with Crippen molar-refractivity contribution in [1.82, 2.24) is 19.9 Å². The third kappa shape index (κ3) is 3.96. The molecule has 1 atom stereocenters. The molecule has 3 aromatic rings. The minimum Gasteiger partial charge on any atom is -0.491 e. The predicted octanol–water partition coefficient (Wildman–Crippen LogP) is 4.09. The lowest BCUT2D eigenvalue weighted by molar-refractivity contribution is 0.280. The zero-order valence-electron chi connectivity index (χ0n) is 16.6. The van der Waals surface area contributed by atoms with Crippen LogP contribution in [0.2, 0.25) is 0 Å². The van der Waals surface area contributed by atoms with Gasteiger partial charge in [-0.05, 0) is 44.9 Å². The lowest BCUT2D eigenvalue weighted by atomic mass is 9.97. The van der Waals surface area contributed by atoms with Gasteiger partial charge in [0, 0.05) is 47.2 Å². The van der Waals surface area contributed by atoms with Crippen LogP contribution in [-0.2, 0) is 6.42 Å². The van der Waals surface area contributed by atoms with E-state index in [0.29, 0.717) is 0 Å². The molecular formula is C22H25N5O. The van der Waals surface area contributed by atoms with E-state index in [9.17, 15) is 0 Å². The van der Waals surface area contributed by atoms with E-state index in [1.165, 1.54) is 5.56 Å². The number of aromatic nitrogens is 4. The van der Waals surface area contributed by atoms with Crippen molar-refractivity contribution in [3.8, 4) is 17.0 Å². The van der Waals surface area contributed by atoms with Crippen molar-refractivity contribution < 1.29 is 4.74 Å². The largest absolute Gasteiger partial charge is 0.491 e. The summed E-state index contributed by atoms with van der Waals surface area (Å²) in [7, 11) is 0. The van der Waals surface area contributed by atoms with Crippen molar-refractivity contribution in [3.05, 3.63) is 59.4 Å². The first-order chi connectivity index (χ1) is 13.6. The maximum atomic E-state index is 5.95. The van der Waals surface area contributed by atoms with Crippen molar-refractivity contribution in [2.75, 3.05) is 18.5 Å². The van der Waals surface area contributed by atoms with Gasteiger partial charge < -0.3 is 10.1 Å². The van der Waals surface area contributed by atoms with Gasteiger partial charge in [0.15, 0.2) is 0 Å². The molecule has 28 heavy (non-hydrogen) atoms. The number of nitrogens with zero attached hydrogens (tertiary/aromatic N) is 4. The van der Waals surface area contributed by atoms with Crippen LogP contribution < -0.4 is 10.1 Å². The highest BCUT2D eigenvalue weighted by Gasteiger charge is 2.20. The van der Waals surface area contributed by atoms with Crippen molar-refractivity contribution in [2.24, 2.45) is 0 Å². The van der Waals surface area contributed by atoms with E-state index in [1.807, 2.05) is 38.2 Å². The van der Waals surface area contributed by atoms with Gasteiger partial charge in [-0.2, -0.15) is 0 Å². The number of rotatable bonds is 5. The topological polar surface area (TPSA) is 72.8 Å². The van der Waals surface area contributed by atoms with Crippen LogP contribution in [0.4, 0.5) is 5.82 Å². The average molecular weight is 375 g/mol. The molecule has 0 spiro atoms. The summed E-state index contributed by atoms with van der Waals surface area (Å²) in [6.45, 7) is 7.74. The van der Waals surface area contributed by atoms with Crippen LogP contribution in [0.3, 0.4) is 0 Å². The maximum Gasteiger partial charge on any atom is 0.144 e. The minimum atomic E-state index is 0.271. The number of nitrogens with one attached hydrogen (secondary N) is 1. The zero-order chi connectivity index (χ0) is 19.5. The van der Waals surface area contributed by atoms with Gasteiger partial charge >= 0.3 is 0 Å². The van der Waals surface area contributed by atoms with Gasteiger partial charge in [0.05, 0.1) is 18.0 Å². The molecule has 3 aromatic heterocycles. The fraction of sp³-hybridized carbons (Fsp3) is 0.364. The first-order valence-corrected chi connectivity index (χ1v) is 9.72. The molecule has 4 heterocycles. The fourth-order valence-electron chi connectivity index (χ4n) is 3.47. The van der Waals surface area contributed by atoms with Gasteiger partial charge in [0.25, 0.3) is 0 Å². The molecule has 0 aromatic carbocycles. The Kier molecular flexibility index (Phi) is 5.19. The zero-order valence-corrected chi connectivity index (χ0v) is 16.6. The summed E-state index contributed by atoms with van der Waals surface area (Å²) in [6, 6.07) is 8.12. The highest BCUT2D eigenvalue weighted by molar-refractivity contribution is 5.61. The van der Waals surface area contributed by atoms with Gasteiger partial charge in [-0.3, -0.25) is 9.97 Å². The van der Waals surface area contributed by atoms with Crippen molar-refractivity contribution in [3.63, 3.8) is 0 Å². The lowest BCUT2D eigenvalue weighted by Gasteiger charge is -2.23. The molecule has 0 radical (unpaired) electrons. The monoisotopic (exact) mass is 375 g/mol. The van der Waals surface area contributed by atoms with E-state index in [4.69, 9.17) is 4.74 Å². The Morgan fingerprint density at radius 2 is 2.00 bits per heavy atom. The second-order valence-corrected chi connectivity index (χ2v) is 7.34. The molecule has 1 aliphatic rings. The Bertz CT molecular complexity index is 971. The molecule has 1 N–H and O–H groups in total. The van der Waals surface area contributed by atoms with E-state index in [2.05, 4.69) is 38.2 Å². The quantitative estimate of drug-likeness (QED) is 0.724. The molecule has 6 heteroatoms. The molecule has 0 aliphatic carbocycles. The fourth-order valence-corrected chi connectivity index (χ4v) is 3.47. The first kappa shape index (κ1) is 18.3. The highest BCUT2D eigenvalue weighted by Crippen LogP contribution is 2.33. The number of fused-ring (bicyclic) bond motifs is 1. The second kappa shape index (κ2) is 7.92. The number of aryl methyl sites for hydroxylation is 3. The number of anilines is 1. The molecule has 0 fully saturated rings. The summed E-state index contributed by atoms with van der Waals surface area (Å²) in [5.74, 6) is 2.05. The van der Waals surface area contributed by atoms with Crippen molar-refractivity contribution in [2.45, 2.75) is 39.5 Å².